The van der Waals surface area contributed by atoms with Crippen molar-refractivity contribution in [3.05, 3.63) is 71.8 Å². The highest BCUT2D eigenvalue weighted by molar-refractivity contribution is 6.01. The molecule has 0 unspecified atom stereocenters. The molecule has 0 bridgehead atoms. The van der Waals surface area contributed by atoms with Crippen molar-refractivity contribution in [1.29, 1.82) is 5.26 Å². The van der Waals surface area contributed by atoms with Crippen LogP contribution in [0.4, 0.5) is 0 Å². The summed E-state index contributed by atoms with van der Waals surface area (Å²) in [5.41, 5.74) is 1.80. The molecule has 0 aliphatic heterocycles. The van der Waals surface area contributed by atoms with Gasteiger partial charge in [0, 0.05) is 13.0 Å². The van der Waals surface area contributed by atoms with Crippen LogP contribution >= 0.6 is 0 Å². The molecule has 0 aliphatic rings. The van der Waals surface area contributed by atoms with Gasteiger partial charge in [0.2, 0.25) is 0 Å². The first kappa shape index (κ1) is 27.2. The summed E-state index contributed by atoms with van der Waals surface area (Å²) in [4.78, 5) is 24.3. The smallest absolute Gasteiger partial charge is 0.311 e. The molecule has 7 nitrogen and oxygen atoms in total. The van der Waals surface area contributed by atoms with Gasteiger partial charge in [0.1, 0.15) is 17.4 Å². The van der Waals surface area contributed by atoms with Gasteiger partial charge in [-0.3, -0.25) is 9.59 Å². The van der Waals surface area contributed by atoms with E-state index in [2.05, 4.69) is 32.7 Å². The fourth-order valence-electron chi connectivity index (χ4n) is 3.06. The molecule has 0 saturated carbocycles. The second-order valence-electron chi connectivity index (χ2n) is 8.78. The lowest BCUT2D eigenvalue weighted by molar-refractivity contribution is -0.134. The van der Waals surface area contributed by atoms with Gasteiger partial charge in [-0.15, -0.1) is 6.58 Å². The average molecular weight is 477 g/mol. The minimum Gasteiger partial charge on any atom is -0.494 e. The number of amides is 1. The summed E-state index contributed by atoms with van der Waals surface area (Å²) in [6.45, 7) is 10.6. The van der Waals surface area contributed by atoms with Gasteiger partial charge in [0.15, 0.2) is 11.5 Å². The minimum absolute atomic E-state index is 0.0632. The Kier molecular flexibility index (Phi) is 10.1. The monoisotopic (exact) mass is 476 g/mol. The largest absolute Gasteiger partial charge is 0.494 e. The van der Waals surface area contributed by atoms with Crippen molar-refractivity contribution in [3.8, 4) is 23.3 Å². The maximum absolute atomic E-state index is 12.3. The molecule has 0 atom stereocenters. The van der Waals surface area contributed by atoms with Crippen LogP contribution in [0.25, 0.3) is 6.08 Å². The number of hydrogen-bond donors (Lipinski definition) is 1. The van der Waals surface area contributed by atoms with Crippen molar-refractivity contribution in [3.63, 3.8) is 0 Å². The first-order valence-corrected chi connectivity index (χ1v) is 11.3. The van der Waals surface area contributed by atoms with Gasteiger partial charge in [-0.1, -0.05) is 45.0 Å². The lowest BCUT2D eigenvalue weighted by Crippen LogP contribution is -2.24. The Morgan fingerprint density at radius 2 is 1.83 bits per heavy atom. The Bertz CT molecular complexity index is 1110. The van der Waals surface area contributed by atoms with E-state index in [9.17, 15) is 14.9 Å². The first-order valence-electron chi connectivity index (χ1n) is 11.3. The van der Waals surface area contributed by atoms with Gasteiger partial charge in [-0.2, -0.15) is 5.26 Å². The molecule has 0 fully saturated rings. The number of benzene rings is 2. The molecule has 0 aromatic heterocycles. The highest BCUT2D eigenvalue weighted by atomic mass is 16.6. The second-order valence-corrected chi connectivity index (χ2v) is 8.78. The fourth-order valence-corrected chi connectivity index (χ4v) is 3.06. The van der Waals surface area contributed by atoms with Crippen LogP contribution in [0.2, 0.25) is 0 Å². The van der Waals surface area contributed by atoms with E-state index in [4.69, 9.17) is 14.2 Å². The fraction of sp³-hybridized carbons (Fsp3) is 0.321. The number of methoxy groups -OCH3 is 1. The van der Waals surface area contributed by atoms with Gasteiger partial charge < -0.3 is 19.5 Å². The second kappa shape index (κ2) is 13.0. The van der Waals surface area contributed by atoms with Crippen molar-refractivity contribution in [2.45, 2.75) is 39.0 Å². The van der Waals surface area contributed by atoms with Crippen LogP contribution in [0.15, 0.2) is 60.7 Å². The van der Waals surface area contributed by atoms with Crippen molar-refractivity contribution in [2.24, 2.45) is 0 Å². The van der Waals surface area contributed by atoms with Crippen molar-refractivity contribution in [1.82, 2.24) is 5.32 Å². The van der Waals surface area contributed by atoms with Crippen molar-refractivity contribution >= 4 is 18.0 Å². The Morgan fingerprint density at radius 1 is 1.11 bits per heavy atom. The van der Waals surface area contributed by atoms with Crippen LogP contribution in [0.3, 0.4) is 0 Å². The first-order chi connectivity index (χ1) is 16.7. The molecule has 1 amide bonds. The summed E-state index contributed by atoms with van der Waals surface area (Å²) in [5, 5.41) is 11.8. The summed E-state index contributed by atoms with van der Waals surface area (Å²) in [7, 11) is 1.45. The molecular weight excluding hydrogens is 444 g/mol. The number of nitrogens with zero attached hydrogens (tertiary/aromatic N) is 1. The summed E-state index contributed by atoms with van der Waals surface area (Å²) >= 11 is 0. The molecule has 0 radical (unpaired) electrons. The zero-order valence-corrected chi connectivity index (χ0v) is 20.7. The number of carbonyl (C=O) groups excluding carboxylic acids is 2. The summed E-state index contributed by atoms with van der Waals surface area (Å²) in [5.74, 6) is 0.398. The van der Waals surface area contributed by atoms with E-state index in [0.717, 1.165) is 5.75 Å². The average Bonchev–Trinajstić information content (AvgIpc) is 2.84. The van der Waals surface area contributed by atoms with Gasteiger partial charge in [0.05, 0.1) is 13.7 Å². The number of hydrogen-bond acceptors (Lipinski definition) is 6. The van der Waals surface area contributed by atoms with Crippen LogP contribution in [0.5, 0.6) is 17.2 Å². The quantitative estimate of drug-likeness (QED) is 0.123. The molecular formula is C28H32N2O5. The van der Waals surface area contributed by atoms with Crippen LogP contribution in [-0.4, -0.2) is 32.1 Å². The molecule has 0 aliphatic carbocycles. The molecule has 2 rings (SSSR count). The molecule has 7 heteroatoms. The van der Waals surface area contributed by atoms with Gasteiger partial charge in [0.25, 0.3) is 5.91 Å². The lowest BCUT2D eigenvalue weighted by Gasteiger charge is -2.19. The van der Waals surface area contributed by atoms with E-state index in [0.29, 0.717) is 24.3 Å². The SMILES string of the molecule is C=CCNC(=O)/C(C#N)=C/c1ccc(OC(=O)CCCOc2ccc(C(C)(C)C)cc2)c(OC)c1. The summed E-state index contributed by atoms with van der Waals surface area (Å²) < 4.78 is 16.5. The van der Waals surface area contributed by atoms with Crippen molar-refractivity contribution in [2.75, 3.05) is 20.3 Å². The molecule has 0 saturated heterocycles. The number of rotatable bonds is 11. The Morgan fingerprint density at radius 3 is 2.43 bits per heavy atom. The highest BCUT2D eigenvalue weighted by Crippen LogP contribution is 2.29. The normalized spacial score (nSPS) is 11.2. The Balaban J connectivity index is 1.91. The Hall–Kier alpha value is -4.05. The molecule has 1 N–H and O–H groups in total. The van der Waals surface area contributed by atoms with Crippen LogP contribution in [0, 0.1) is 11.3 Å². The van der Waals surface area contributed by atoms with Crippen LogP contribution < -0.4 is 19.5 Å². The van der Waals surface area contributed by atoms with E-state index in [1.807, 2.05) is 30.3 Å². The van der Waals surface area contributed by atoms with Gasteiger partial charge >= 0.3 is 5.97 Å². The predicted octanol–water partition coefficient (Wildman–Crippen LogP) is 4.97. The highest BCUT2D eigenvalue weighted by Gasteiger charge is 2.14. The third-order valence-corrected chi connectivity index (χ3v) is 5.01. The summed E-state index contributed by atoms with van der Waals surface area (Å²) in [6, 6.07) is 14.6. The zero-order valence-electron chi connectivity index (χ0n) is 20.7. The van der Waals surface area contributed by atoms with E-state index < -0.39 is 11.9 Å². The molecule has 2 aromatic carbocycles. The number of ether oxygens (including phenoxy) is 3. The number of nitriles is 1. The number of carbonyl (C=O) groups is 2. The molecule has 2 aromatic rings. The van der Waals surface area contributed by atoms with E-state index in [-0.39, 0.29) is 29.7 Å². The van der Waals surface area contributed by atoms with Crippen LogP contribution in [-0.2, 0) is 15.0 Å². The number of nitrogens with one attached hydrogen (secondary N) is 1. The van der Waals surface area contributed by atoms with Gasteiger partial charge in [-0.05, 0) is 53.3 Å². The number of esters is 1. The molecule has 35 heavy (non-hydrogen) atoms. The zero-order chi connectivity index (χ0) is 25.8. The predicted molar refractivity (Wildman–Crippen MR) is 135 cm³/mol. The van der Waals surface area contributed by atoms with E-state index in [1.54, 1.807) is 18.2 Å². The Labute approximate surface area is 207 Å². The molecule has 0 heterocycles. The lowest BCUT2D eigenvalue weighted by atomic mass is 9.87. The topological polar surface area (TPSA) is 97.7 Å². The maximum Gasteiger partial charge on any atom is 0.311 e. The van der Waals surface area contributed by atoms with E-state index >= 15 is 0 Å². The maximum atomic E-state index is 12.3. The molecule has 184 valence electrons. The third-order valence-electron chi connectivity index (χ3n) is 5.01. The van der Waals surface area contributed by atoms with E-state index in [1.165, 1.54) is 24.8 Å². The van der Waals surface area contributed by atoms with Gasteiger partial charge in [-0.25, -0.2) is 0 Å². The summed E-state index contributed by atoms with van der Waals surface area (Å²) in [6.07, 6.45) is 3.62. The minimum atomic E-state index is -0.505. The third kappa shape index (κ3) is 8.67. The van der Waals surface area contributed by atoms with Crippen molar-refractivity contribution < 1.29 is 23.8 Å². The standard InChI is InChI=1S/C28H32N2O5/c1-6-15-30-27(32)21(19-29)17-20-9-14-24(25(18-20)33-5)35-26(31)8-7-16-34-23-12-10-22(11-13-23)28(2,3)4/h6,9-14,17-18H,1,7-8,15-16H2,2-5H3,(H,30,32)/b21-17+. The molecule has 0 spiro atoms. The van der Waals surface area contributed by atoms with Crippen LogP contribution in [0.1, 0.15) is 44.7 Å².